The smallest absolute Gasteiger partial charge is 0.157 e. The zero-order chi connectivity index (χ0) is 15.6. The molecule has 0 spiro atoms. The molecule has 124 valence electrons. The minimum Gasteiger partial charge on any atom is -0.353 e. The van der Waals surface area contributed by atoms with E-state index in [-0.39, 0.29) is 6.29 Å². The van der Waals surface area contributed by atoms with Crippen LogP contribution in [0.3, 0.4) is 0 Å². The fraction of sp³-hybridized carbons (Fsp3) is 0.789. The van der Waals surface area contributed by atoms with Gasteiger partial charge in [0.25, 0.3) is 0 Å². The van der Waals surface area contributed by atoms with E-state index in [0.717, 1.165) is 19.6 Å². The highest BCUT2D eigenvalue weighted by atomic mass is 16.7. The highest BCUT2D eigenvalue weighted by Crippen LogP contribution is 2.13. The Morgan fingerprint density at radius 2 is 1.33 bits per heavy atom. The highest BCUT2D eigenvalue weighted by molar-refractivity contribution is 4.96. The summed E-state index contributed by atoms with van der Waals surface area (Å²) in [7, 11) is 0. The van der Waals surface area contributed by atoms with Gasteiger partial charge in [-0.25, -0.2) is 0 Å². The molecule has 2 heteroatoms. The van der Waals surface area contributed by atoms with Gasteiger partial charge in [-0.1, -0.05) is 63.3 Å². The van der Waals surface area contributed by atoms with Crippen LogP contribution in [0.1, 0.15) is 78.1 Å². The maximum Gasteiger partial charge on any atom is 0.157 e. The summed E-state index contributed by atoms with van der Waals surface area (Å²) < 4.78 is 11.1. The fourth-order valence-corrected chi connectivity index (χ4v) is 2.41. The molecule has 0 fully saturated rings. The summed E-state index contributed by atoms with van der Waals surface area (Å²) in [6.45, 7) is 9.21. The lowest BCUT2D eigenvalue weighted by Gasteiger charge is -2.16. The first-order valence-electron chi connectivity index (χ1n) is 8.85. The molecule has 0 rings (SSSR count). The van der Waals surface area contributed by atoms with E-state index >= 15 is 0 Å². The Hall–Kier alpha value is -0.600. The molecule has 21 heavy (non-hydrogen) atoms. The van der Waals surface area contributed by atoms with Crippen LogP contribution in [0.4, 0.5) is 0 Å². The molecule has 0 saturated heterocycles. The van der Waals surface area contributed by atoms with Crippen LogP contribution in [0.2, 0.25) is 0 Å². The second kappa shape index (κ2) is 17.5. The van der Waals surface area contributed by atoms with Crippen LogP contribution in [-0.4, -0.2) is 19.5 Å². The van der Waals surface area contributed by atoms with Crippen LogP contribution < -0.4 is 0 Å². The van der Waals surface area contributed by atoms with E-state index in [0.29, 0.717) is 0 Å². The van der Waals surface area contributed by atoms with Gasteiger partial charge in [-0.3, -0.25) is 0 Å². The predicted molar refractivity (Wildman–Crippen MR) is 92.5 cm³/mol. The maximum absolute atomic E-state index is 5.55. The van der Waals surface area contributed by atoms with E-state index in [9.17, 15) is 0 Å². The van der Waals surface area contributed by atoms with E-state index in [1.807, 2.05) is 26.0 Å². The minimum atomic E-state index is 0.0172. The molecule has 0 saturated carbocycles. The third-order valence-electron chi connectivity index (χ3n) is 3.54. The van der Waals surface area contributed by atoms with Gasteiger partial charge in [0.15, 0.2) is 6.29 Å². The van der Waals surface area contributed by atoms with Crippen LogP contribution in [0, 0.1) is 0 Å². The number of rotatable bonds is 16. The van der Waals surface area contributed by atoms with Gasteiger partial charge in [0.05, 0.1) is 0 Å². The molecule has 0 aromatic rings. The summed E-state index contributed by atoms with van der Waals surface area (Å²) in [6, 6.07) is 0. The monoisotopic (exact) mass is 296 g/mol. The first-order valence-corrected chi connectivity index (χ1v) is 8.85. The van der Waals surface area contributed by atoms with Crippen molar-refractivity contribution in [2.24, 2.45) is 0 Å². The first kappa shape index (κ1) is 20.4. The molecule has 0 aliphatic carbocycles. The molecule has 0 aliphatic heterocycles. The lowest BCUT2D eigenvalue weighted by Crippen LogP contribution is -2.17. The summed E-state index contributed by atoms with van der Waals surface area (Å²) in [5.41, 5.74) is 0. The Balaban J connectivity index is 3.24. The second-order valence-electron chi connectivity index (χ2n) is 5.41. The SMILES string of the molecule is C=C/C=C\CCCCCCCCCCC(OCC)OCC. The lowest BCUT2D eigenvalue weighted by atomic mass is 10.1. The zero-order valence-electron chi connectivity index (χ0n) is 14.3. The van der Waals surface area contributed by atoms with Gasteiger partial charge in [0.1, 0.15) is 0 Å². The van der Waals surface area contributed by atoms with Gasteiger partial charge in [0, 0.05) is 13.2 Å². The molecule has 0 amide bonds. The summed E-state index contributed by atoms with van der Waals surface area (Å²) >= 11 is 0. The summed E-state index contributed by atoms with van der Waals surface area (Å²) in [5, 5.41) is 0. The normalized spacial score (nSPS) is 11.6. The number of ether oxygens (including phenoxy) is 2. The van der Waals surface area contributed by atoms with Crippen molar-refractivity contribution in [1.29, 1.82) is 0 Å². The van der Waals surface area contributed by atoms with E-state index in [2.05, 4.69) is 12.7 Å². The van der Waals surface area contributed by atoms with Crippen molar-refractivity contribution in [2.75, 3.05) is 13.2 Å². The Labute approximate surface area is 132 Å². The van der Waals surface area contributed by atoms with Crippen molar-refractivity contribution >= 4 is 0 Å². The van der Waals surface area contributed by atoms with Gasteiger partial charge < -0.3 is 9.47 Å². The molecular formula is C19H36O2. The van der Waals surface area contributed by atoms with E-state index in [4.69, 9.17) is 9.47 Å². The van der Waals surface area contributed by atoms with Crippen molar-refractivity contribution < 1.29 is 9.47 Å². The van der Waals surface area contributed by atoms with Gasteiger partial charge >= 0.3 is 0 Å². The molecule has 0 bridgehead atoms. The Morgan fingerprint density at radius 1 is 0.810 bits per heavy atom. The van der Waals surface area contributed by atoms with E-state index in [1.165, 1.54) is 57.8 Å². The second-order valence-corrected chi connectivity index (χ2v) is 5.41. The number of hydrogen-bond acceptors (Lipinski definition) is 2. The lowest BCUT2D eigenvalue weighted by molar-refractivity contribution is -0.140. The summed E-state index contributed by atoms with van der Waals surface area (Å²) in [4.78, 5) is 0. The van der Waals surface area contributed by atoms with Crippen molar-refractivity contribution in [2.45, 2.75) is 84.3 Å². The third-order valence-corrected chi connectivity index (χ3v) is 3.54. The molecule has 0 heterocycles. The van der Waals surface area contributed by atoms with Gasteiger partial charge in [-0.05, 0) is 39.5 Å². The topological polar surface area (TPSA) is 18.5 Å². The van der Waals surface area contributed by atoms with Crippen molar-refractivity contribution in [3.8, 4) is 0 Å². The molecule has 0 aromatic heterocycles. The standard InChI is InChI=1S/C19H36O2/c1-4-7-8-9-10-11-12-13-14-15-16-17-18-19(20-5-2)21-6-3/h4,7-8,19H,1,5-6,9-18H2,2-3H3/b8-7-. The van der Waals surface area contributed by atoms with Gasteiger partial charge in [0.2, 0.25) is 0 Å². The van der Waals surface area contributed by atoms with Crippen LogP contribution in [0.15, 0.2) is 24.8 Å². The van der Waals surface area contributed by atoms with Crippen molar-refractivity contribution in [3.05, 3.63) is 24.8 Å². The summed E-state index contributed by atoms with van der Waals surface area (Å²) in [5.74, 6) is 0. The zero-order valence-corrected chi connectivity index (χ0v) is 14.3. The molecule has 0 unspecified atom stereocenters. The van der Waals surface area contributed by atoms with E-state index in [1.54, 1.807) is 0 Å². The van der Waals surface area contributed by atoms with Crippen LogP contribution in [-0.2, 0) is 9.47 Å². The molecule has 0 atom stereocenters. The average molecular weight is 296 g/mol. The summed E-state index contributed by atoms with van der Waals surface area (Å²) in [6.07, 6.45) is 19.0. The molecule has 2 nitrogen and oxygen atoms in total. The van der Waals surface area contributed by atoms with Crippen molar-refractivity contribution in [3.63, 3.8) is 0 Å². The Bertz CT molecular complexity index is 230. The fourth-order valence-electron chi connectivity index (χ4n) is 2.41. The number of allylic oxidation sites excluding steroid dienone is 3. The molecule has 0 aliphatic rings. The van der Waals surface area contributed by atoms with Crippen LogP contribution >= 0.6 is 0 Å². The number of unbranched alkanes of at least 4 members (excludes halogenated alkanes) is 8. The predicted octanol–water partition coefficient (Wildman–Crippen LogP) is 6.03. The van der Waals surface area contributed by atoms with Crippen LogP contribution in [0.25, 0.3) is 0 Å². The number of hydrogen-bond donors (Lipinski definition) is 0. The Morgan fingerprint density at radius 3 is 1.86 bits per heavy atom. The van der Waals surface area contributed by atoms with Crippen molar-refractivity contribution in [1.82, 2.24) is 0 Å². The van der Waals surface area contributed by atoms with Gasteiger partial charge in [-0.2, -0.15) is 0 Å². The molecule has 0 aromatic carbocycles. The third kappa shape index (κ3) is 15.6. The molecule has 0 N–H and O–H groups in total. The first-order chi connectivity index (χ1) is 10.3. The van der Waals surface area contributed by atoms with E-state index < -0.39 is 0 Å². The Kier molecular flexibility index (Phi) is 17.0. The minimum absolute atomic E-state index is 0.0172. The highest BCUT2D eigenvalue weighted by Gasteiger charge is 2.06. The van der Waals surface area contributed by atoms with Gasteiger partial charge in [-0.15, -0.1) is 0 Å². The average Bonchev–Trinajstić information content (AvgIpc) is 2.48. The maximum atomic E-state index is 5.55. The molecule has 0 radical (unpaired) electrons. The quantitative estimate of drug-likeness (QED) is 0.197. The largest absolute Gasteiger partial charge is 0.353 e. The van der Waals surface area contributed by atoms with Crippen LogP contribution in [0.5, 0.6) is 0 Å². The molecular weight excluding hydrogens is 260 g/mol.